The van der Waals surface area contributed by atoms with Gasteiger partial charge in [-0.25, -0.2) is 0 Å². The molecule has 14 heavy (non-hydrogen) atoms. The van der Waals surface area contributed by atoms with Gasteiger partial charge in [0.2, 0.25) is 0 Å². The summed E-state index contributed by atoms with van der Waals surface area (Å²) in [5.74, 6) is 0.404. The molecule has 0 heterocycles. The van der Waals surface area contributed by atoms with Gasteiger partial charge in [-0.05, 0) is 5.56 Å². The number of carbonyl (C=O) groups excluding carboxylic acids is 1. The monoisotopic (exact) mass is 294 g/mol. The molecule has 0 saturated carbocycles. The lowest BCUT2D eigenvalue weighted by Crippen LogP contribution is -2.10. The second-order valence-electron chi connectivity index (χ2n) is 2.82. The summed E-state index contributed by atoms with van der Waals surface area (Å²) in [7, 11) is 0. The highest BCUT2D eigenvalue weighted by Gasteiger charge is 2.19. The summed E-state index contributed by atoms with van der Waals surface area (Å²) < 4.78 is 0. The highest BCUT2D eigenvalue weighted by atomic mass is 79.9. The average Bonchev–Trinajstić information content (AvgIpc) is 2.26. The highest BCUT2D eigenvalue weighted by Crippen LogP contribution is 2.31. The van der Waals surface area contributed by atoms with Gasteiger partial charge in [-0.2, -0.15) is 0 Å². The maximum atomic E-state index is 10.7. The third kappa shape index (κ3) is 2.72. The first-order valence-electron chi connectivity index (χ1n) is 4.09. The van der Waals surface area contributed by atoms with Crippen LogP contribution >= 0.6 is 39.1 Å². The summed E-state index contributed by atoms with van der Waals surface area (Å²) in [6, 6.07) is 7.24. The summed E-state index contributed by atoms with van der Waals surface area (Å²) in [5.41, 5.74) is 1.42. The second-order valence-corrected chi connectivity index (χ2v) is 4.77. The second kappa shape index (κ2) is 5.74. The normalized spacial score (nSPS) is 14.8. The molecule has 0 radical (unpaired) electrons. The number of hydrogen-bond donors (Lipinski definition) is 0. The Morgan fingerprint density at radius 1 is 1.43 bits per heavy atom. The Morgan fingerprint density at radius 2 is 2.07 bits per heavy atom. The van der Waals surface area contributed by atoms with Crippen molar-refractivity contribution >= 4 is 45.4 Å². The molecule has 2 unspecified atom stereocenters. The molecule has 0 aliphatic heterocycles. The van der Waals surface area contributed by atoms with Crippen molar-refractivity contribution in [2.75, 3.05) is 5.88 Å². The molecule has 2 atom stereocenters. The fourth-order valence-corrected chi connectivity index (χ4v) is 1.98. The summed E-state index contributed by atoms with van der Waals surface area (Å²) in [6.07, 6.45) is 0.804. The van der Waals surface area contributed by atoms with E-state index in [4.69, 9.17) is 23.2 Å². The molecule has 0 aliphatic rings. The molecule has 0 spiro atoms. The molecule has 0 fully saturated rings. The van der Waals surface area contributed by atoms with Crippen LogP contribution in [0.5, 0.6) is 0 Å². The van der Waals surface area contributed by atoms with Crippen molar-refractivity contribution in [1.29, 1.82) is 0 Å². The number of carbonyl (C=O) groups is 1. The van der Waals surface area contributed by atoms with Gasteiger partial charge in [0.25, 0.3) is 0 Å². The first-order chi connectivity index (χ1) is 6.70. The van der Waals surface area contributed by atoms with Crippen LogP contribution in [0.15, 0.2) is 24.3 Å². The summed E-state index contributed by atoms with van der Waals surface area (Å²) in [5, 5.41) is -0.283. The van der Waals surface area contributed by atoms with Gasteiger partial charge in [-0.15, -0.1) is 23.2 Å². The van der Waals surface area contributed by atoms with Crippen LogP contribution < -0.4 is 0 Å². The molecular formula is C10H9BrCl2O. The third-order valence-electron chi connectivity index (χ3n) is 1.89. The Labute approximate surface area is 102 Å². The third-order valence-corrected chi connectivity index (χ3v) is 4.29. The summed E-state index contributed by atoms with van der Waals surface area (Å²) >= 11 is 15.2. The van der Waals surface area contributed by atoms with Gasteiger partial charge in [0, 0.05) is 16.3 Å². The first-order valence-corrected chi connectivity index (χ1v) is 5.97. The molecule has 1 rings (SSSR count). The fraction of sp³-hybridized carbons (Fsp3) is 0.300. The average molecular weight is 296 g/mol. The van der Waals surface area contributed by atoms with E-state index in [1.54, 1.807) is 12.1 Å². The van der Waals surface area contributed by atoms with E-state index in [1.165, 1.54) is 0 Å². The molecule has 1 aromatic carbocycles. The lowest BCUT2D eigenvalue weighted by Gasteiger charge is -2.15. The van der Waals surface area contributed by atoms with Gasteiger partial charge in [0.1, 0.15) is 6.29 Å². The Bertz CT molecular complexity index is 317. The van der Waals surface area contributed by atoms with Crippen LogP contribution in [-0.2, 0) is 0 Å². The molecule has 0 bridgehead atoms. The van der Waals surface area contributed by atoms with Crippen molar-refractivity contribution in [2.45, 2.75) is 10.2 Å². The SMILES string of the molecule is O=Cc1ccccc1C(Cl)C(Br)CCl. The molecule has 0 saturated heterocycles. The largest absolute Gasteiger partial charge is 0.298 e. The molecule has 4 heteroatoms. The van der Waals surface area contributed by atoms with Gasteiger partial charge >= 0.3 is 0 Å². The minimum Gasteiger partial charge on any atom is -0.298 e. The van der Waals surface area contributed by atoms with Crippen LogP contribution in [0.2, 0.25) is 0 Å². The van der Waals surface area contributed by atoms with Crippen LogP contribution in [0.1, 0.15) is 21.3 Å². The summed E-state index contributed by atoms with van der Waals surface area (Å²) in [6.45, 7) is 0. The van der Waals surface area contributed by atoms with Gasteiger partial charge in [-0.3, -0.25) is 4.79 Å². The molecule has 1 aromatic rings. The number of alkyl halides is 3. The molecule has 0 amide bonds. The zero-order chi connectivity index (χ0) is 10.6. The van der Waals surface area contributed by atoms with E-state index >= 15 is 0 Å². The van der Waals surface area contributed by atoms with E-state index < -0.39 is 0 Å². The lowest BCUT2D eigenvalue weighted by molar-refractivity contribution is 0.112. The number of benzene rings is 1. The van der Waals surface area contributed by atoms with Crippen molar-refractivity contribution in [1.82, 2.24) is 0 Å². The molecular weight excluding hydrogens is 287 g/mol. The zero-order valence-electron chi connectivity index (χ0n) is 7.29. The van der Waals surface area contributed by atoms with Crippen molar-refractivity contribution in [3.63, 3.8) is 0 Å². The Hall–Kier alpha value is -0.0500. The van der Waals surface area contributed by atoms with Gasteiger partial charge in [0.05, 0.1) is 5.38 Å². The molecule has 76 valence electrons. The van der Waals surface area contributed by atoms with Crippen molar-refractivity contribution in [3.8, 4) is 0 Å². The zero-order valence-corrected chi connectivity index (χ0v) is 10.4. The quantitative estimate of drug-likeness (QED) is 0.610. The number of hydrogen-bond acceptors (Lipinski definition) is 1. The maximum absolute atomic E-state index is 10.7. The van der Waals surface area contributed by atoms with Crippen LogP contribution in [-0.4, -0.2) is 17.0 Å². The van der Waals surface area contributed by atoms with Gasteiger partial charge in [-0.1, -0.05) is 40.2 Å². The van der Waals surface area contributed by atoms with Crippen molar-refractivity contribution in [2.24, 2.45) is 0 Å². The van der Waals surface area contributed by atoms with Crippen LogP contribution in [0.4, 0.5) is 0 Å². The van der Waals surface area contributed by atoms with Gasteiger partial charge < -0.3 is 0 Å². The maximum Gasteiger partial charge on any atom is 0.150 e. The molecule has 0 N–H and O–H groups in total. The van der Waals surface area contributed by atoms with E-state index in [0.29, 0.717) is 11.4 Å². The van der Waals surface area contributed by atoms with Crippen LogP contribution in [0, 0.1) is 0 Å². The predicted octanol–water partition coefficient (Wildman–Crippen LogP) is 3.78. The fourth-order valence-electron chi connectivity index (χ4n) is 1.14. The predicted molar refractivity (Wildman–Crippen MR) is 63.9 cm³/mol. The number of aldehydes is 1. The minimum atomic E-state index is -0.283. The van der Waals surface area contributed by atoms with E-state index in [-0.39, 0.29) is 10.2 Å². The molecule has 1 nitrogen and oxygen atoms in total. The van der Waals surface area contributed by atoms with Crippen LogP contribution in [0.25, 0.3) is 0 Å². The Balaban J connectivity index is 2.99. The first kappa shape index (κ1) is 12.0. The van der Waals surface area contributed by atoms with E-state index in [1.807, 2.05) is 12.1 Å². The Morgan fingerprint density at radius 3 is 2.64 bits per heavy atom. The highest BCUT2D eigenvalue weighted by molar-refractivity contribution is 9.09. The molecule has 0 aliphatic carbocycles. The number of halogens is 3. The van der Waals surface area contributed by atoms with Crippen LogP contribution in [0.3, 0.4) is 0 Å². The minimum absolute atomic E-state index is 0.0352. The van der Waals surface area contributed by atoms with E-state index in [0.717, 1.165) is 11.8 Å². The Kier molecular flexibility index (Phi) is 4.93. The van der Waals surface area contributed by atoms with E-state index in [9.17, 15) is 4.79 Å². The van der Waals surface area contributed by atoms with Gasteiger partial charge in [0.15, 0.2) is 0 Å². The number of rotatable bonds is 4. The van der Waals surface area contributed by atoms with Crippen molar-refractivity contribution in [3.05, 3.63) is 35.4 Å². The van der Waals surface area contributed by atoms with E-state index in [2.05, 4.69) is 15.9 Å². The molecule has 0 aromatic heterocycles. The lowest BCUT2D eigenvalue weighted by atomic mass is 10.0. The standard InChI is InChI=1S/C10H9BrCl2O/c11-9(5-12)10(13)8-4-2-1-3-7(8)6-14/h1-4,6,9-10H,5H2. The summed E-state index contributed by atoms with van der Waals surface area (Å²) in [4.78, 5) is 10.7. The smallest absolute Gasteiger partial charge is 0.150 e. The topological polar surface area (TPSA) is 17.1 Å². The van der Waals surface area contributed by atoms with Crippen molar-refractivity contribution < 1.29 is 4.79 Å².